The summed E-state index contributed by atoms with van der Waals surface area (Å²) < 4.78 is 15.5. The third-order valence-corrected chi connectivity index (χ3v) is 3.88. The molecule has 0 atom stereocenters. The fourth-order valence-electron chi connectivity index (χ4n) is 1.97. The van der Waals surface area contributed by atoms with Gasteiger partial charge in [-0.15, -0.1) is 0 Å². The van der Waals surface area contributed by atoms with Crippen LogP contribution in [0.25, 0.3) is 0 Å². The molecule has 0 fully saturated rings. The van der Waals surface area contributed by atoms with Gasteiger partial charge in [0.1, 0.15) is 0 Å². The number of nitrogens with one attached hydrogen (secondary N) is 1. The van der Waals surface area contributed by atoms with Crippen LogP contribution in [0, 0.1) is 0 Å². The zero-order valence-electron chi connectivity index (χ0n) is 13.7. The van der Waals surface area contributed by atoms with Crippen LogP contribution >= 0.6 is 11.3 Å². The second-order valence-electron chi connectivity index (χ2n) is 4.57. The molecule has 1 N–H and O–H groups in total. The predicted octanol–water partition coefficient (Wildman–Crippen LogP) is 2.71. The van der Waals surface area contributed by atoms with Crippen molar-refractivity contribution in [3.8, 4) is 11.5 Å². The fourth-order valence-corrected chi connectivity index (χ4v) is 2.71. The Morgan fingerprint density at radius 2 is 2.21 bits per heavy atom. The van der Waals surface area contributed by atoms with Crippen LogP contribution in [0.3, 0.4) is 0 Å². The van der Waals surface area contributed by atoms with E-state index < -0.39 is 0 Å². The number of aromatic nitrogens is 1. The van der Waals surface area contributed by atoms with Crippen LogP contribution in [0.5, 0.6) is 11.5 Å². The van der Waals surface area contributed by atoms with Crippen LogP contribution in [0.15, 0.2) is 29.5 Å². The summed E-state index contributed by atoms with van der Waals surface area (Å²) in [4.78, 5) is 16.4. The maximum absolute atomic E-state index is 11.4. The number of anilines is 1. The maximum Gasteiger partial charge on any atom is 0.311 e. The minimum absolute atomic E-state index is 0.209. The zero-order chi connectivity index (χ0) is 17.4. The number of ether oxygens (including phenoxy) is 3. The van der Waals surface area contributed by atoms with E-state index in [1.807, 2.05) is 18.2 Å². The molecule has 0 radical (unpaired) electrons. The molecule has 0 unspecified atom stereocenters. The highest BCUT2D eigenvalue weighted by atomic mass is 32.1. The number of carbonyl (C=O) groups is 1. The quantitative estimate of drug-likeness (QED) is 0.448. The molecule has 0 saturated carbocycles. The molecule has 0 bridgehead atoms. The molecular weight excluding hydrogens is 330 g/mol. The summed E-state index contributed by atoms with van der Waals surface area (Å²) in [6, 6.07) is 5.52. The molecule has 0 spiro atoms. The average Bonchev–Trinajstić information content (AvgIpc) is 3.01. The molecule has 0 amide bonds. The lowest BCUT2D eigenvalue weighted by Gasteiger charge is -2.09. The van der Waals surface area contributed by atoms with E-state index >= 15 is 0 Å². The Balaban J connectivity index is 2.00. The zero-order valence-corrected chi connectivity index (χ0v) is 14.6. The summed E-state index contributed by atoms with van der Waals surface area (Å²) >= 11 is 1.35. The van der Waals surface area contributed by atoms with Crippen LogP contribution in [-0.2, 0) is 16.0 Å². The molecular formula is C16H19N3O4S. The highest BCUT2D eigenvalue weighted by Gasteiger charge is 2.09. The van der Waals surface area contributed by atoms with E-state index in [0.29, 0.717) is 23.2 Å². The van der Waals surface area contributed by atoms with E-state index in [4.69, 9.17) is 14.2 Å². The molecule has 2 rings (SSSR count). The van der Waals surface area contributed by atoms with Crippen molar-refractivity contribution in [1.82, 2.24) is 4.98 Å². The third kappa shape index (κ3) is 4.69. The van der Waals surface area contributed by atoms with E-state index in [1.54, 1.807) is 33.6 Å². The van der Waals surface area contributed by atoms with Crippen LogP contribution in [0.4, 0.5) is 5.13 Å². The number of benzene rings is 1. The number of hydrogen-bond acceptors (Lipinski definition) is 8. The number of esters is 1. The lowest BCUT2D eigenvalue weighted by Crippen LogP contribution is -2.06. The second-order valence-corrected chi connectivity index (χ2v) is 5.68. The number of para-hydroxylation sites is 1. The highest BCUT2D eigenvalue weighted by Crippen LogP contribution is 2.29. The Hall–Kier alpha value is -2.61. The van der Waals surface area contributed by atoms with Crippen molar-refractivity contribution < 1.29 is 19.0 Å². The molecule has 24 heavy (non-hydrogen) atoms. The van der Waals surface area contributed by atoms with Gasteiger partial charge in [-0.05, 0) is 19.1 Å². The van der Waals surface area contributed by atoms with Crippen molar-refractivity contribution in [2.75, 3.05) is 26.3 Å². The molecule has 0 saturated heterocycles. The summed E-state index contributed by atoms with van der Waals surface area (Å²) in [6.07, 6.45) is 3.46. The van der Waals surface area contributed by atoms with Crippen molar-refractivity contribution in [2.24, 2.45) is 5.10 Å². The third-order valence-electron chi connectivity index (χ3n) is 2.97. The topological polar surface area (TPSA) is 82.0 Å². The second kappa shape index (κ2) is 8.88. The molecule has 7 nitrogen and oxygen atoms in total. The van der Waals surface area contributed by atoms with Crippen LogP contribution in [-0.4, -0.2) is 38.0 Å². The molecule has 1 aromatic heterocycles. The van der Waals surface area contributed by atoms with Crippen molar-refractivity contribution in [1.29, 1.82) is 0 Å². The molecule has 0 aliphatic rings. The van der Waals surface area contributed by atoms with Gasteiger partial charge in [0.15, 0.2) is 11.5 Å². The van der Waals surface area contributed by atoms with Crippen molar-refractivity contribution >= 4 is 28.7 Å². The van der Waals surface area contributed by atoms with Gasteiger partial charge in [-0.25, -0.2) is 4.98 Å². The van der Waals surface area contributed by atoms with E-state index in [9.17, 15) is 4.79 Å². The van der Waals surface area contributed by atoms with Gasteiger partial charge in [-0.1, -0.05) is 17.4 Å². The van der Waals surface area contributed by atoms with Gasteiger partial charge in [0.05, 0.1) is 33.5 Å². The Morgan fingerprint density at radius 3 is 2.92 bits per heavy atom. The molecule has 1 heterocycles. The monoisotopic (exact) mass is 349 g/mol. The molecule has 0 aliphatic carbocycles. The van der Waals surface area contributed by atoms with Crippen molar-refractivity contribution in [3.63, 3.8) is 0 Å². The molecule has 128 valence electrons. The number of nitrogens with zero attached hydrogens (tertiary/aromatic N) is 2. The van der Waals surface area contributed by atoms with Gasteiger partial charge < -0.3 is 14.2 Å². The first-order chi connectivity index (χ1) is 11.7. The lowest BCUT2D eigenvalue weighted by molar-refractivity contribution is -0.142. The van der Waals surface area contributed by atoms with Crippen LogP contribution in [0.1, 0.15) is 17.4 Å². The Bertz CT molecular complexity index is 715. The molecule has 8 heteroatoms. The normalized spacial score (nSPS) is 10.6. The van der Waals surface area contributed by atoms with Crippen molar-refractivity contribution in [2.45, 2.75) is 13.3 Å². The van der Waals surface area contributed by atoms with Gasteiger partial charge in [-0.2, -0.15) is 5.10 Å². The summed E-state index contributed by atoms with van der Waals surface area (Å²) in [5.41, 5.74) is 3.61. The predicted molar refractivity (Wildman–Crippen MR) is 93.2 cm³/mol. The number of hydrogen-bond donors (Lipinski definition) is 1. The number of hydrazone groups is 1. The fraction of sp³-hybridized carbons (Fsp3) is 0.312. The Kier molecular flexibility index (Phi) is 6.56. The summed E-state index contributed by atoms with van der Waals surface area (Å²) in [7, 11) is 3.16. The van der Waals surface area contributed by atoms with Crippen LogP contribution in [0.2, 0.25) is 0 Å². The van der Waals surface area contributed by atoms with E-state index in [2.05, 4.69) is 15.5 Å². The first kappa shape index (κ1) is 17.7. The highest BCUT2D eigenvalue weighted by molar-refractivity contribution is 7.15. The van der Waals surface area contributed by atoms with Gasteiger partial charge in [0.25, 0.3) is 0 Å². The maximum atomic E-state index is 11.4. The molecule has 1 aromatic carbocycles. The van der Waals surface area contributed by atoms with Gasteiger partial charge in [-0.3, -0.25) is 10.2 Å². The number of methoxy groups -OCH3 is 2. The first-order valence-corrected chi connectivity index (χ1v) is 8.10. The minimum atomic E-state index is -0.266. The van der Waals surface area contributed by atoms with E-state index in [0.717, 1.165) is 10.4 Å². The van der Waals surface area contributed by atoms with Crippen LogP contribution < -0.4 is 14.9 Å². The largest absolute Gasteiger partial charge is 0.493 e. The minimum Gasteiger partial charge on any atom is -0.493 e. The Morgan fingerprint density at radius 1 is 1.38 bits per heavy atom. The van der Waals surface area contributed by atoms with Gasteiger partial charge >= 0.3 is 5.97 Å². The van der Waals surface area contributed by atoms with Gasteiger partial charge in [0.2, 0.25) is 5.13 Å². The standard InChI is InChI=1S/C16H19N3O4S/c1-4-23-14(20)8-12-10-17-16(24-12)19-18-9-11-6-5-7-13(21-2)15(11)22-3/h5-7,9-10H,4,8H2,1-3H3,(H,17,19)/b18-9+. The Labute approximate surface area is 144 Å². The van der Waals surface area contributed by atoms with Crippen molar-refractivity contribution in [3.05, 3.63) is 34.8 Å². The number of thiazole rings is 1. The number of rotatable bonds is 8. The smallest absolute Gasteiger partial charge is 0.311 e. The first-order valence-electron chi connectivity index (χ1n) is 7.28. The summed E-state index contributed by atoms with van der Waals surface area (Å²) in [5, 5.41) is 4.74. The van der Waals surface area contributed by atoms with E-state index in [1.165, 1.54) is 11.3 Å². The number of carbonyl (C=O) groups excluding carboxylic acids is 1. The van der Waals surface area contributed by atoms with E-state index in [-0.39, 0.29) is 12.4 Å². The summed E-state index contributed by atoms with van der Waals surface area (Å²) in [5.74, 6) is 0.970. The molecule has 2 aromatic rings. The lowest BCUT2D eigenvalue weighted by atomic mass is 10.2. The average molecular weight is 349 g/mol. The molecule has 0 aliphatic heterocycles. The van der Waals surface area contributed by atoms with Gasteiger partial charge in [0, 0.05) is 16.6 Å². The SMILES string of the molecule is CCOC(=O)Cc1cnc(N/N=C/c2cccc(OC)c2OC)s1. The summed E-state index contributed by atoms with van der Waals surface area (Å²) in [6.45, 7) is 2.15.